The SMILES string of the molecule is COc1ccc(S(=O)(=O)Nc2ccccc2OC)cc1NC(=O)COc1cccc(F)c1. The van der Waals surface area contributed by atoms with E-state index in [4.69, 9.17) is 14.2 Å². The van der Waals surface area contributed by atoms with Crippen molar-refractivity contribution in [1.29, 1.82) is 0 Å². The molecule has 3 aromatic carbocycles. The topological polar surface area (TPSA) is 103 Å². The van der Waals surface area contributed by atoms with Crippen molar-refractivity contribution >= 4 is 27.3 Å². The molecule has 0 aromatic heterocycles. The van der Waals surface area contributed by atoms with Gasteiger partial charge in [-0.25, -0.2) is 12.8 Å². The summed E-state index contributed by atoms with van der Waals surface area (Å²) in [6.45, 7) is -0.414. The van der Waals surface area contributed by atoms with E-state index in [-0.39, 0.29) is 27.8 Å². The number of nitrogens with one attached hydrogen (secondary N) is 2. The van der Waals surface area contributed by atoms with Gasteiger partial charge in [-0.15, -0.1) is 0 Å². The van der Waals surface area contributed by atoms with Crippen LogP contribution in [-0.4, -0.2) is 35.2 Å². The number of hydrogen-bond acceptors (Lipinski definition) is 6. The standard InChI is InChI=1S/C22H21FN2O6S/c1-29-20-9-4-3-8-18(20)25-32(27,28)17-10-11-21(30-2)19(13-17)24-22(26)14-31-16-7-5-6-15(23)12-16/h3-13,25H,14H2,1-2H3,(H,24,26). The van der Waals surface area contributed by atoms with Crippen molar-refractivity contribution in [3.05, 3.63) is 72.5 Å². The molecule has 0 unspecified atom stereocenters. The number of anilines is 2. The molecule has 0 spiro atoms. The van der Waals surface area contributed by atoms with Crippen molar-refractivity contribution in [3.8, 4) is 17.2 Å². The lowest BCUT2D eigenvalue weighted by Gasteiger charge is -2.15. The molecule has 1 amide bonds. The molecule has 0 saturated carbocycles. The normalized spacial score (nSPS) is 10.8. The van der Waals surface area contributed by atoms with Gasteiger partial charge in [0, 0.05) is 6.07 Å². The summed E-state index contributed by atoms with van der Waals surface area (Å²) >= 11 is 0. The Labute approximate surface area is 185 Å². The first-order valence-corrected chi connectivity index (χ1v) is 10.8. The molecule has 10 heteroatoms. The summed E-state index contributed by atoms with van der Waals surface area (Å²) in [5.74, 6) is -0.290. The summed E-state index contributed by atoms with van der Waals surface area (Å²) in [6.07, 6.45) is 0. The molecule has 168 valence electrons. The first-order chi connectivity index (χ1) is 15.3. The fourth-order valence-corrected chi connectivity index (χ4v) is 3.87. The molecule has 3 aromatic rings. The molecular formula is C22H21FN2O6S. The van der Waals surface area contributed by atoms with Crippen molar-refractivity contribution in [2.45, 2.75) is 4.90 Å². The van der Waals surface area contributed by atoms with E-state index in [9.17, 15) is 17.6 Å². The number of rotatable bonds is 9. The predicted octanol–water partition coefficient (Wildman–Crippen LogP) is 3.66. The number of methoxy groups -OCH3 is 2. The molecule has 8 nitrogen and oxygen atoms in total. The van der Waals surface area contributed by atoms with Gasteiger partial charge in [-0.2, -0.15) is 0 Å². The lowest BCUT2D eigenvalue weighted by molar-refractivity contribution is -0.118. The molecule has 2 N–H and O–H groups in total. The van der Waals surface area contributed by atoms with E-state index in [1.165, 1.54) is 50.6 Å². The molecule has 0 aliphatic heterocycles. The summed E-state index contributed by atoms with van der Waals surface area (Å²) < 4.78 is 57.1. The van der Waals surface area contributed by atoms with Crippen LogP contribution < -0.4 is 24.2 Å². The average Bonchev–Trinajstić information content (AvgIpc) is 2.78. The molecule has 0 heterocycles. The zero-order chi connectivity index (χ0) is 23.1. The van der Waals surface area contributed by atoms with Gasteiger partial charge in [0.05, 0.1) is 30.5 Å². The Hall–Kier alpha value is -3.79. The van der Waals surface area contributed by atoms with Crippen LogP contribution in [0.15, 0.2) is 71.6 Å². The maximum absolute atomic E-state index is 13.2. The van der Waals surface area contributed by atoms with Crippen LogP contribution in [0.25, 0.3) is 0 Å². The highest BCUT2D eigenvalue weighted by atomic mass is 32.2. The van der Waals surface area contributed by atoms with Crippen LogP contribution in [0.4, 0.5) is 15.8 Å². The second-order valence-electron chi connectivity index (χ2n) is 6.46. The number of sulfonamides is 1. The zero-order valence-electron chi connectivity index (χ0n) is 17.3. The molecule has 0 radical (unpaired) electrons. The minimum Gasteiger partial charge on any atom is -0.495 e. The first-order valence-electron chi connectivity index (χ1n) is 9.34. The van der Waals surface area contributed by atoms with Crippen molar-refractivity contribution < 1.29 is 31.8 Å². The Bertz CT molecular complexity index is 1220. The summed E-state index contributed by atoms with van der Waals surface area (Å²) in [6, 6.07) is 15.9. The Morgan fingerprint density at radius 2 is 1.62 bits per heavy atom. The number of amides is 1. The number of halogens is 1. The van der Waals surface area contributed by atoms with Gasteiger partial charge in [-0.1, -0.05) is 18.2 Å². The van der Waals surface area contributed by atoms with E-state index >= 15 is 0 Å². The van der Waals surface area contributed by atoms with E-state index < -0.39 is 28.4 Å². The van der Waals surface area contributed by atoms with Gasteiger partial charge in [0.2, 0.25) is 0 Å². The van der Waals surface area contributed by atoms with Gasteiger partial charge in [0.15, 0.2) is 6.61 Å². The second kappa shape index (κ2) is 10.0. The maximum Gasteiger partial charge on any atom is 0.262 e. The van der Waals surface area contributed by atoms with Crippen LogP contribution in [0.2, 0.25) is 0 Å². The fraction of sp³-hybridized carbons (Fsp3) is 0.136. The Balaban J connectivity index is 1.77. The molecule has 0 aliphatic carbocycles. The van der Waals surface area contributed by atoms with E-state index in [2.05, 4.69) is 10.0 Å². The van der Waals surface area contributed by atoms with Crippen LogP contribution in [0.3, 0.4) is 0 Å². The zero-order valence-corrected chi connectivity index (χ0v) is 18.1. The van der Waals surface area contributed by atoms with Crippen molar-refractivity contribution in [2.24, 2.45) is 0 Å². The molecule has 0 saturated heterocycles. The molecular weight excluding hydrogens is 439 g/mol. The molecule has 32 heavy (non-hydrogen) atoms. The number of carbonyl (C=O) groups is 1. The Morgan fingerprint density at radius 3 is 2.34 bits per heavy atom. The predicted molar refractivity (Wildman–Crippen MR) is 117 cm³/mol. The number of para-hydroxylation sites is 2. The highest BCUT2D eigenvalue weighted by molar-refractivity contribution is 7.92. The van der Waals surface area contributed by atoms with E-state index in [1.54, 1.807) is 24.3 Å². The van der Waals surface area contributed by atoms with E-state index in [1.807, 2.05) is 0 Å². The Morgan fingerprint density at radius 1 is 0.906 bits per heavy atom. The third-order valence-electron chi connectivity index (χ3n) is 4.27. The quantitative estimate of drug-likeness (QED) is 0.505. The van der Waals surface area contributed by atoms with E-state index in [0.717, 1.165) is 6.07 Å². The van der Waals surface area contributed by atoms with Gasteiger partial charge in [-0.05, 0) is 42.5 Å². The number of ether oxygens (including phenoxy) is 3. The second-order valence-corrected chi connectivity index (χ2v) is 8.14. The first kappa shape index (κ1) is 22.9. The lowest BCUT2D eigenvalue weighted by atomic mass is 10.3. The van der Waals surface area contributed by atoms with Gasteiger partial charge in [-0.3, -0.25) is 9.52 Å². The van der Waals surface area contributed by atoms with Gasteiger partial charge >= 0.3 is 0 Å². The molecule has 0 atom stereocenters. The highest BCUT2D eigenvalue weighted by Crippen LogP contribution is 2.30. The highest BCUT2D eigenvalue weighted by Gasteiger charge is 2.19. The minimum atomic E-state index is -4.00. The van der Waals surface area contributed by atoms with Crippen LogP contribution >= 0.6 is 0 Å². The largest absolute Gasteiger partial charge is 0.495 e. The van der Waals surface area contributed by atoms with Gasteiger partial charge in [0.1, 0.15) is 23.1 Å². The molecule has 3 rings (SSSR count). The number of hydrogen-bond donors (Lipinski definition) is 2. The smallest absolute Gasteiger partial charge is 0.262 e. The number of benzene rings is 3. The minimum absolute atomic E-state index is 0.106. The Kier molecular flexibility index (Phi) is 7.16. The summed E-state index contributed by atoms with van der Waals surface area (Å²) in [5.41, 5.74) is 0.392. The number of carbonyl (C=O) groups excluding carboxylic acids is 1. The van der Waals surface area contributed by atoms with Crippen LogP contribution in [0.5, 0.6) is 17.2 Å². The van der Waals surface area contributed by atoms with Crippen LogP contribution in [0.1, 0.15) is 0 Å². The monoisotopic (exact) mass is 460 g/mol. The molecule has 0 aliphatic rings. The maximum atomic E-state index is 13.2. The van der Waals surface area contributed by atoms with Crippen molar-refractivity contribution in [2.75, 3.05) is 30.9 Å². The molecule has 0 fully saturated rings. The lowest BCUT2D eigenvalue weighted by Crippen LogP contribution is -2.21. The van der Waals surface area contributed by atoms with Crippen LogP contribution in [0, 0.1) is 5.82 Å². The van der Waals surface area contributed by atoms with E-state index in [0.29, 0.717) is 5.75 Å². The molecule has 0 bridgehead atoms. The third kappa shape index (κ3) is 5.67. The summed E-state index contributed by atoms with van der Waals surface area (Å²) in [5, 5.41) is 2.55. The van der Waals surface area contributed by atoms with Crippen LogP contribution in [-0.2, 0) is 14.8 Å². The van der Waals surface area contributed by atoms with Gasteiger partial charge < -0.3 is 19.5 Å². The van der Waals surface area contributed by atoms with Crippen molar-refractivity contribution in [1.82, 2.24) is 0 Å². The summed E-state index contributed by atoms with van der Waals surface area (Å²) in [4.78, 5) is 12.2. The average molecular weight is 460 g/mol. The van der Waals surface area contributed by atoms with Gasteiger partial charge in [0.25, 0.3) is 15.9 Å². The van der Waals surface area contributed by atoms with Crippen molar-refractivity contribution in [3.63, 3.8) is 0 Å². The fourth-order valence-electron chi connectivity index (χ4n) is 2.78. The summed E-state index contributed by atoms with van der Waals surface area (Å²) in [7, 11) is -1.18. The third-order valence-corrected chi connectivity index (χ3v) is 5.64.